The van der Waals surface area contributed by atoms with E-state index < -0.39 is 5.82 Å². The molecule has 0 aromatic heterocycles. The molecule has 6 heteroatoms. The lowest BCUT2D eigenvalue weighted by Gasteiger charge is -2.08. The molecule has 1 N–H and O–H groups in total. The maximum absolute atomic E-state index is 13.6. The van der Waals surface area contributed by atoms with Gasteiger partial charge >= 0.3 is 0 Å². The maximum Gasteiger partial charge on any atom is 0.230 e. The molecule has 0 bridgehead atoms. The molecule has 24 heavy (non-hydrogen) atoms. The van der Waals surface area contributed by atoms with Gasteiger partial charge in [0.25, 0.3) is 0 Å². The van der Waals surface area contributed by atoms with Crippen molar-refractivity contribution in [3.63, 3.8) is 0 Å². The van der Waals surface area contributed by atoms with Gasteiger partial charge in [-0.3, -0.25) is 4.79 Å². The fraction of sp³-hybridized carbons (Fsp3) is 0.278. The Morgan fingerprint density at radius 3 is 2.67 bits per heavy atom. The molecular weight excluding hydrogens is 329 g/mol. The van der Waals surface area contributed by atoms with Gasteiger partial charge in [0.2, 0.25) is 5.91 Å². The Hall–Kier alpha value is -2.21. The van der Waals surface area contributed by atoms with Gasteiger partial charge in [0.1, 0.15) is 5.75 Å². The first-order valence-electron chi connectivity index (χ1n) is 7.42. The summed E-state index contributed by atoms with van der Waals surface area (Å²) >= 11 is 1.44. The SMILES string of the molecule is COc1cccc(CNC(=O)CSCc2ccc(OC)c(F)c2)c1. The number of ether oxygens (including phenoxy) is 2. The largest absolute Gasteiger partial charge is 0.497 e. The number of carbonyl (C=O) groups excluding carboxylic acids is 1. The van der Waals surface area contributed by atoms with Crippen LogP contribution >= 0.6 is 11.8 Å². The molecule has 0 atom stereocenters. The Morgan fingerprint density at radius 2 is 1.96 bits per heavy atom. The standard InChI is InChI=1S/C18H20FNO3S/c1-22-15-5-3-4-13(8-15)10-20-18(21)12-24-11-14-6-7-17(23-2)16(19)9-14/h3-9H,10-12H2,1-2H3,(H,20,21). The number of hydrogen-bond donors (Lipinski definition) is 1. The van der Waals surface area contributed by atoms with Crippen molar-refractivity contribution in [3.05, 3.63) is 59.4 Å². The second-order valence-electron chi connectivity index (χ2n) is 5.09. The predicted molar refractivity (Wildman–Crippen MR) is 94.0 cm³/mol. The summed E-state index contributed by atoms with van der Waals surface area (Å²) in [7, 11) is 3.04. The molecule has 0 saturated heterocycles. The average Bonchev–Trinajstić information content (AvgIpc) is 2.60. The molecule has 4 nitrogen and oxygen atoms in total. The van der Waals surface area contributed by atoms with Crippen LogP contribution in [-0.4, -0.2) is 25.9 Å². The van der Waals surface area contributed by atoms with Crippen molar-refractivity contribution in [3.8, 4) is 11.5 Å². The Labute approximate surface area is 145 Å². The van der Waals surface area contributed by atoms with Gasteiger partial charge in [-0.05, 0) is 35.4 Å². The summed E-state index contributed by atoms with van der Waals surface area (Å²) in [6.45, 7) is 0.452. The van der Waals surface area contributed by atoms with Crippen molar-refractivity contribution in [1.29, 1.82) is 0 Å². The minimum atomic E-state index is -0.391. The predicted octanol–water partition coefficient (Wildman–Crippen LogP) is 3.39. The van der Waals surface area contributed by atoms with E-state index in [4.69, 9.17) is 9.47 Å². The van der Waals surface area contributed by atoms with Crippen LogP contribution in [0.15, 0.2) is 42.5 Å². The number of nitrogens with one attached hydrogen (secondary N) is 1. The van der Waals surface area contributed by atoms with Crippen LogP contribution in [0.4, 0.5) is 4.39 Å². The van der Waals surface area contributed by atoms with Gasteiger partial charge < -0.3 is 14.8 Å². The van der Waals surface area contributed by atoms with Crippen LogP contribution in [0.1, 0.15) is 11.1 Å². The molecule has 0 aliphatic carbocycles. The Morgan fingerprint density at radius 1 is 1.12 bits per heavy atom. The number of hydrogen-bond acceptors (Lipinski definition) is 4. The zero-order valence-corrected chi connectivity index (χ0v) is 14.5. The summed E-state index contributed by atoms with van der Waals surface area (Å²) < 4.78 is 23.6. The first kappa shape index (κ1) is 18.1. The molecule has 2 aromatic carbocycles. The lowest BCUT2D eigenvalue weighted by atomic mass is 10.2. The van der Waals surface area contributed by atoms with Crippen LogP contribution in [0.3, 0.4) is 0 Å². The molecule has 128 valence electrons. The van der Waals surface area contributed by atoms with Gasteiger partial charge in [-0.25, -0.2) is 4.39 Å². The molecule has 0 heterocycles. The van der Waals surface area contributed by atoms with Crippen LogP contribution in [0.2, 0.25) is 0 Å². The number of thioether (sulfide) groups is 1. The first-order valence-corrected chi connectivity index (χ1v) is 8.57. The van der Waals surface area contributed by atoms with E-state index in [0.29, 0.717) is 18.1 Å². The number of methoxy groups -OCH3 is 2. The second kappa shape index (κ2) is 9.17. The van der Waals surface area contributed by atoms with E-state index in [9.17, 15) is 9.18 Å². The van der Waals surface area contributed by atoms with Gasteiger partial charge in [0.05, 0.1) is 20.0 Å². The molecule has 2 rings (SSSR count). The van der Waals surface area contributed by atoms with Gasteiger partial charge in [0.15, 0.2) is 11.6 Å². The maximum atomic E-state index is 13.6. The zero-order chi connectivity index (χ0) is 17.4. The third kappa shape index (κ3) is 5.45. The highest BCUT2D eigenvalue weighted by molar-refractivity contribution is 7.99. The number of carbonyl (C=O) groups is 1. The molecule has 2 aromatic rings. The Kier molecular flexibility index (Phi) is 6.93. The van der Waals surface area contributed by atoms with Crippen LogP contribution in [-0.2, 0) is 17.1 Å². The van der Waals surface area contributed by atoms with Crippen molar-refractivity contribution in [2.24, 2.45) is 0 Å². The van der Waals surface area contributed by atoms with E-state index in [1.54, 1.807) is 19.2 Å². The highest BCUT2D eigenvalue weighted by Crippen LogP contribution is 2.20. The number of halogens is 1. The van der Waals surface area contributed by atoms with E-state index in [1.165, 1.54) is 24.9 Å². The quantitative estimate of drug-likeness (QED) is 0.794. The van der Waals surface area contributed by atoms with E-state index in [0.717, 1.165) is 16.9 Å². The first-order chi connectivity index (χ1) is 11.6. The fourth-order valence-corrected chi connectivity index (χ4v) is 2.90. The smallest absolute Gasteiger partial charge is 0.230 e. The fourth-order valence-electron chi connectivity index (χ4n) is 2.10. The summed E-state index contributed by atoms with van der Waals surface area (Å²) in [6.07, 6.45) is 0. The molecular formula is C18H20FNO3S. The van der Waals surface area contributed by atoms with Crippen LogP contribution < -0.4 is 14.8 Å². The molecule has 0 fully saturated rings. The minimum absolute atomic E-state index is 0.0585. The monoisotopic (exact) mass is 349 g/mol. The summed E-state index contributed by atoms with van der Waals surface area (Å²) in [6, 6.07) is 12.4. The van der Waals surface area contributed by atoms with Gasteiger partial charge in [-0.1, -0.05) is 18.2 Å². The topological polar surface area (TPSA) is 47.6 Å². The molecule has 0 aliphatic rings. The summed E-state index contributed by atoms with van der Waals surface area (Å²) in [5.74, 6) is 1.41. The summed E-state index contributed by atoms with van der Waals surface area (Å²) in [5.41, 5.74) is 1.80. The second-order valence-corrected chi connectivity index (χ2v) is 6.08. The van der Waals surface area contributed by atoms with Crippen molar-refractivity contribution >= 4 is 17.7 Å². The van der Waals surface area contributed by atoms with Gasteiger partial charge in [-0.15, -0.1) is 11.8 Å². The van der Waals surface area contributed by atoms with E-state index in [-0.39, 0.29) is 11.7 Å². The summed E-state index contributed by atoms with van der Waals surface area (Å²) in [5, 5.41) is 2.86. The lowest BCUT2D eigenvalue weighted by Crippen LogP contribution is -2.24. The molecule has 0 radical (unpaired) electrons. The van der Waals surface area contributed by atoms with Crippen molar-refractivity contribution in [1.82, 2.24) is 5.32 Å². The molecule has 0 spiro atoms. The molecule has 0 saturated carbocycles. The molecule has 1 amide bonds. The van der Waals surface area contributed by atoms with Crippen LogP contribution in [0.25, 0.3) is 0 Å². The Bertz CT molecular complexity index is 694. The Balaban J connectivity index is 1.74. The van der Waals surface area contributed by atoms with Crippen molar-refractivity contribution < 1.29 is 18.7 Å². The zero-order valence-electron chi connectivity index (χ0n) is 13.7. The van der Waals surface area contributed by atoms with Crippen molar-refractivity contribution in [2.75, 3.05) is 20.0 Å². The van der Waals surface area contributed by atoms with E-state index in [1.807, 2.05) is 24.3 Å². The van der Waals surface area contributed by atoms with Crippen LogP contribution in [0.5, 0.6) is 11.5 Å². The van der Waals surface area contributed by atoms with Gasteiger partial charge in [-0.2, -0.15) is 0 Å². The lowest BCUT2D eigenvalue weighted by molar-refractivity contribution is -0.118. The number of benzene rings is 2. The molecule has 0 unspecified atom stereocenters. The van der Waals surface area contributed by atoms with Gasteiger partial charge in [0, 0.05) is 12.3 Å². The highest BCUT2D eigenvalue weighted by atomic mass is 32.2. The average molecular weight is 349 g/mol. The number of rotatable bonds is 8. The minimum Gasteiger partial charge on any atom is -0.497 e. The van der Waals surface area contributed by atoms with E-state index >= 15 is 0 Å². The van der Waals surface area contributed by atoms with E-state index in [2.05, 4.69) is 5.32 Å². The highest BCUT2D eigenvalue weighted by Gasteiger charge is 2.06. The summed E-state index contributed by atoms with van der Waals surface area (Å²) in [4.78, 5) is 11.9. The van der Waals surface area contributed by atoms with Crippen molar-refractivity contribution in [2.45, 2.75) is 12.3 Å². The normalized spacial score (nSPS) is 10.3. The third-order valence-electron chi connectivity index (χ3n) is 3.34. The molecule has 0 aliphatic heterocycles. The number of amides is 1. The third-order valence-corrected chi connectivity index (χ3v) is 4.35. The van der Waals surface area contributed by atoms with Crippen LogP contribution in [0, 0.1) is 5.82 Å².